The van der Waals surface area contributed by atoms with Gasteiger partial charge >= 0.3 is 12.1 Å². The first-order valence-electron chi connectivity index (χ1n) is 8.04. The Balaban J connectivity index is 1.95. The van der Waals surface area contributed by atoms with Crippen LogP contribution >= 0.6 is 11.8 Å². The molecular weight excluding hydrogens is 413 g/mol. The maximum atomic E-state index is 12.7. The van der Waals surface area contributed by atoms with E-state index in [4.69, 9.17) is 0 Å². The van der Waals surface area contributed by atoms with Crippen LogP contribution in [0.1, 0.15) is 21.5 Å². The van der Waals surface area contributed by atoms with E-state index in [9.17, 15) is 32.9 Å². The number of halogens is 3. The zero-order valence-corrected chi connectivity index (χ0v) is 15.8. The van der Waals surface area contributed by atoms with Crippen molar-refractivity contribution in [1.82, 2.24) is 5.32 Å². The van der Waals surface area contributed by atoms with Gasteiger partial charge in [-0.1, -0.05) is 12.1 Å². The Morgan fingerprint density at radius 1 is 1.17 bits per heavy atom. The van der Waals surface area contributed by atoms with Crippen LogP contribution in [0.4, 0.5) is 18.9 Å². The highest BCUT2D eigenvalue weighted by Gasteiger charge is 2.33. The number of esters is 1. The number of thioether (sulfide) groups is 1. The Morgan fingerprint density at radius 3 is 2.38 bits per heavy atom. The molecule has 0 atom stereocenters. The Hall–Kier alpha value is -3.08. The Kier molecular flexibility index (Phi) is 7.21. The number of nitro benzene ring substituents is 1. The van der Waals surface area contributed by atoms with Crippen molar-refractivity contribution in [3.8, 4) is 0 Å². The van der Waals surface area contributed by atoms with Gasteiger partial charge in [-0.3, -0.25) is 14.9 Å². The molecule has 0 unspecified atom stereocenters. The predicted molar refractivity (Wildman–Crippen MR) is 98.5 cm³/mol. The highest BCUT2D eigenvalue weighted by atomic mass is 32.2. The molecule has 0 aliphatic carbocycles. The number of amides is 1. The van der Waals surface area contributed by atoms with Gasteiger partial charge < -0.3 is 10.1 Å². The molecule has 0 saturated carbocycles. The first kappa shape index (κ1) is 22.2. The number of hydrogen-bond acceptors (Lipinski definition) is 6. The molecule has 0 aliphatic heterocycles. The van der Waals surface area contributed by atoms with Crippen LogP contribution < -0.4 is 5.32 Å². The van der Waals surface area contributed by atoms with E-state index >= 15 is 0 Å². The third kappa shape index (κ3) is 6.21. The van der Waals surface area contributed by atoms with Crippen LogP contribution in [-0.2, 0) is 22.3 Å². The van der Waals surface area contributed by atoms with Gasteiger partial charge in [0.25, 0.3) is 5.69 Å². The monoisotopic (exact) mass is 428 g/mol. The molecule has 154 valence electrons. The first-order valence-corrected chi connectivity index (χ1v) is 9.02. The number of alkyl halides is 3. The summed E-state index contributed by atoms with van der Waals surface area (Å²) >= 11 is 0.765. The maximum Gasteiger partial charge on any atom is 0.416 e. The molecule has 1 N–H and O–H groups in total. The summed E-state index contributed by atoms with van der Waals surface area (Å²) in [4.78, 5) is 33.4. The van der Waals surface area contributed by atoms with Crippen LogP contribution in [0, 0.1) is 10.1 Å². The fourth-order valence-corrected chi connectivity index (χ4v) is 3.06. The van der Waals surface area contributed by atoms with E-state index in [0.29, 0.717) is 17.2 Å². The van der Waals surface area contributed by atoms with Crippen LogP contribution in [0.2, 0.25) is 0 Å². The van der Waals surface area contributed by atoms with Crippen molar-refractivity contribution in [3.05, 3.63) is 69.3 Å². The number of nitrogens with one attached hydrogen (secondary N) is 1. The highest BCUT2D eigenvalue weighted by Crippen LogP contribution is 2.36. The number of ether oxygens (including phenoxy) is 1. The highest BCUT2D eigenvalue weighted by molar-refractivity contribution is 8.00. The number of methoxy groups -OCH3 is 1. The fourth-order valence-electron chi connectivity index (χ4n) is 2.23. The molecule has 1 amide bonds. The van der Waals surface area contributed by atoms with Gasteiger partial charge in [-0.15, -0.1) is 11.8 Å². The van der Waals surface area contributed by atoms with E-state index in [1.165, 1.54) is 19.2 Å². The maximum absolute atomic E-state index is 12.7. The summed E-state index contributed by atoms with van der Waals surface area (Å²) in [5.74, 6) is -1.16. The van der Waals surface area contributed by atoms with E-state index in [1.54, 1.807) is 12.1 Å². The molecule has 2 aromatic carbocycles. The van der Waals surface area contributed by atoms with E-state index < -0.39 is 34.2 Å². The molecule has 11 heteroatoms. The molecule has 0 heterocycles. The van der Waals surface area contributed by atoms with Crippen molar-refractivity contribution in [2.24, 2.45) is 0 Å². The molecule has 29 heavy (non-hydrogen) atoms. The normalized spacial score (nSPS) is 11.0. The van der Waals surface area contributed by atoms with E-state index in [-0.39, 0.29) is 17.2 Å². The number of carbonyl (C=O) groups is 2. The summed E-state index contributed by atoms with van der Waals surface area (Å²) in [6.07, 6.45) is -4.70. The largest absolute Gasteiger partial charge is 0.465 e. The first-order chi connectivity index (χ1) is 13.6. The number of hydrogen-bond donors (Lipinski definition) is 1. The molecule has 0 aliphatic rings. The second-order valence-electron chi connectivity index (χ2n) is 5.69. The SMILES string of the molecule is COC(=O)c1ccc(CNC(=O)CSc2ccc(C(F)(F)F)cc2[N+](=O)[O-])cc1. The van der Waals surface area contributed by atoms with Gasteiger partial charge in [-0.05, 0) is 29.8 Å². The summed E-state index contributed by atoms with van der Waals surface area (Å²) in [7, 11) is 1.26. The van der Waals surface area contributed by atoms with Gasteiger partial charge in [-0.25, -0.2) is 4.79 Å². The minimum absolute atomic E-state index is 0.0411. The van der Waals surface area contributed by atoms with E-state index in [0.717, 1.165) is 23.9 Å². The number of benzene rings is 2. The van der Waals surface area contributed by atoms with Crippen LogP contribution in [0.3, 0.4) is 0 Å². The molecule has 2 rings (SSSR count). The van der Waals surface area contributed by atoms with Crippen molar-refractivity contribution in [3.63, 3.8) is 0 Å². The third-order valence-electron chi connectivity index (χ3n) is 3.71. The lowest BCUT2D eigenvalue weighted by Gasteiger charge is -2.09. The molecule has 0 spiro atoms. The molecule has 0 bridgehead atoms. The van der Waals surface area contributed by atoms with Gasteiger partial charge in [0.15, 0.2) is 0 Å². The van der Waals surface area contributed by atoms with Crippen LogP contribution in [0.25, 0.3) is 0 Å². The Morgan fingerprint density at radius 2 is 1.83 bits per heavy atom. The van der Waals surface area contributed by atoms with Crippen LogP contribution in [0.15, 0.2) is 47.4 Å². The average molecular weight is 428 g/mol. The van der Waals surface area contributed by atoms with Gasteiger partial charge in [0.2, 0.25) is 5.91 Å². The molecule has 2 aromatic rings. The summed E-state index contributed by atoms with van der Waals surface area (Å²) < 4.78 is 42.7. The smallest absolute Gasteiger partial charge is 0.416 e. The van der Waals surface area contributed by atoms with Gasteiger partial charge in [0.1, 0.15) is 0 Å². The average Bonchev–Trinajstić information content (AvgIpc) is 2.69. The second kappa shape index (κ2) is 9.41. The standard InChI is InChI=1S/C18H15F3N2O5S/c1-28-17(25)12-4-2-11(3-5-12)9-22-16(24)10-29-15-7-6-13(18(19,20)21)8-14(15)23(26)27/h2-8H,9-10H2,1H3,(H,22,24). The minimum atomic E-state index is -4.70. The summed E-state index contributed by atoms with van der Waals surface area (Å²) in [5.41, 5.74) is -0.784. The topological polar surface area (TPSA) is 98.5 Å². The Bertz CT molecular complexity index is 917. The van der Waals surface area contributed by atoms with Crippen LogP contribution in [-0.4, -0.2) is 29.7 Å². The zero-order valence-electron chi connectivity index (χ0n) is 15.0. The van der Waals surface area contributed by atoms with E-state index in [1.807, 2.05) is 0 Å². The van der Waals surface area contributed by atoms with E-state index in [2.05, 4.69) is 10.1 Å². The van der Waals surface area contributed by atoms with Crippen molar-refractivity contribution in [2.45, 2.75) is 17.6 Å². The molecular formula is C18H15F3N2O5S. The lowest BCUT2D eigenvalue weighted by atomic mass is 10.1. The minimum Gasteiger partial charge on any atom is -0.465 e. The van der Waals surface area contributed by atoms with Crippen molar-refractivity contribution >= 4 is 29.3 Å². The lowest BCUT2D eigenvalue weighted by molar-refractivity contribution is -0.388. The summed E-state index contributed by atoms with van der Waals surface area (Å²) in [6, 6.07) is 8.48. The van der Waals surface area contributed by atoms with Gasteiger partial charge in [0.05, 0.1) is 33.8 Å². The molecule has 0 fully saturated rings. The lowest BCUT2D eigenvalue weighted by Crippen LogP contribution is -2.24. The number of rotatable bonds is 7. The fraction of sp³-hybridized carbons (Fsp3) is 0.222. The van der Waals surface area contributed by atoms with Gasteiger partial charge in [-0.2, -0.15) is 13.2 Å². The van der Waals surface area contributed by atoms with Crippen molar-refractivity contribution in [1.29, 1.82) is 0 Å². The number of nitrogens with zero attached hydrogens (tertiary/aromatic N) is 1. The molecule has 0 radical (unpaired) electrons. The quantitative estimate of drug-likeness (QED) is 0.312. The number of nitro groups is 1. The number of carbonyl (C=O) groups excluding carboxylic acids is 2. The molecule has 0 saturated heterocycles. The molecule has 0 aromatic heterocycles. The summed E-state index contributed by atoms with van der Waals surface area (Å²) in [5, 5.41) is 13.6. The summed E-state index contributed by atoms with van der Waals surface area (Å²) in [6.45, 7) is 0.149. The zero-order chi connectivity index (χ0) is 21.6. The Labute approximate surface area is 167 Å². The molecule has 7 nitrogen and oxygen atoms in total. The van der Waals surface area contributed by atoms with Gasteiger partial charge in [0, 0.05) is 12.6 Å². The van der Waals surface area contributed by atoms with Crippen molar-refractivity contribution < 1.29 is 32.4 Å². The van der Waals surface area contributed by atoms with Crippen molar-refractivity contribution in [2.75, 3.05) is 12.9 Å². The van der Waals surface area contributed by atoms with Crippen LogP contribution in [0.5, 0.6) is 0 Å². The third-order valence-corrected chi connectivity index (χ3v) is 4.77. The second-order valence-corrected chi connectivity index (χ2v) is 6.71. The predicted octanol–water partition coefficient (Wildman–Crippen LogP) is 3.81.